The number of carbonyl (C=O) groups excluding carboxylic acids is 1. The minimum absolute atomic E-state index is 0.178. The summed E-state index contributed by atoms with van der Waals surface area (Å²) in [5.74, 6) is -0.253. The van der Waals surface area contributed by atoms with Crippen LogP contribution in [-0.4, -0.2) is 36.8 Å². The lowest BCUT2D eigenvalue weighted by Crippen LogP contribution is -2.41. The van der Waals surface area contributed by atoms with E-state index in [1.54, 1.807) is 18.3 Å². The Morgan fingerprint density at radius 1 is 1.29 bits per heavy atom. The standard InChI is InChI=1S/C23H29IN3O3Si/c1-23(2,3)31(4,5)30-14-7-6-12-25-21(28)17-9-8-13-27-20(17)26-19-11-10-16(24)15-18(19)22(27)29/h6,8-11,13,15H,7,12,14H2,1-5H3,(H,25,28). The van der Waals surface area contributed by atoms with Crippen molar-refractivity contribution < 1.29 is 9.22 Å². The van der Waals surface area contributed by atoms with Crippen LogP contribution in [0.3, 0.4) is 0 Å². The van der Waals surface area contributed by atoms with Gasteiger partial charge in [0.05, 0.1) is 16.5 Å². The van der Waals surface area contributed by atoms with Gasteiger partial charge in [0.1, 0.15) is 0 Å². The molecule has 0 atom stereocenters. The summed E-state index contributed by atoms with van der Waals surface area (Å²) in [6.07, 6.45) is 4.42. The molecule has 0 saturated heterocycles. The summed E-state index contributed by atoms with van der Waals surface area (Å²) < 4.78 is 8.55. The average Bonchev–Trinajstić information content (AvgIpc) is 2.70. The summed E-state index contributed by atoms with van der Waals surface area (Å²) in [6, 6.07) is 8.90. The van der Waals surface area contributed by atoms with Crippen LogP contribution in [0.1, 0.15) is 37.6 Å². The van der Waals surface area contributed by atoms with Crippen molar-refractivity contribution in [1.82, 2.24) is 14.7 Å². The Hall–Kier alpha value is -1.78. The largest absolute Gasteiger partial charge is 0.417 e. The number of carbonyl (C=O) groups is 1. The van der Waals surface area contributed by atoms with Crippen LogP contribution in [0.15, 0.2) is 41.3 Å². The highest BCUT2D eigenvalue weighted by Gasteiger charge is 2.36. The number of unbranched alkanes of at least 4 members (excludes halogenated alkanes) is 1. The smallest absolute Gasteiger partial charge is 0.265 e. The Labute approximate surface area is 197 Å². The fourth-order valence-electron chi connectivity index (χ4n) is 2.95. The summed E-state index contributed by atoms with van der Waals surface area (Å²) in [4.78, 5) is 30.2. The highest BCUT2D eigenvalue weighted by atomic mass is 127. The zero-order chi connectivity index (χ0) is 22.8. The van der Waals surface area contributed by atoms with Gasteiger partial charge in [0.25, 0.3) is 11.5 Å². The van der Waals surface area contributed by atoms with Gasteiger partial charge in [-0.2, -0.15) is 0 Å². The number of rotatable bonds is 7. The molecule has 1 amide bonds. The Bertz CT molecular complexity index is 1170. The van der Waals surface area contributed by atoms with Gasteiger partial charge in [-0.3, -0.25) is 14.0 Å². The molecule has 1 aromatic carbocycles. The molecule has 0 aliphatic carbocycles. The van der Waals surface area contributed by atoms with E-state index in [0.29, 0.717) is 35.3 Å². The van der Waals surface area contributed by atoms with Gasteiger partial charge in [-0.25, -0.2) is 4.98 Å². The van der Waals surface area contributed by atoms with Crippen LogP contribution in [0.5, 0.6) is 0 Å². The molecule has 0 spiro atoms. The van der Waals surface area contributed by atoms with Crippen LogP contribution >= 0.6 is 22.6 Å². The number of pyridine rings is 1. The van der Waals surface area contributed by atoms with Gasteiger partial charge in [-0.05, 0) is 83.9 Å². The molecule has 0 saturated carbocycles. The molecule has 165 valence electrons. The SMILES string of the molecule is CC(C)(C)[Si](C)(C)OCC[CH]CNC(=O)c1cccn2c(=O)c3cc(I)ccc3nc12. The molecule has 8 heteroatoms. The van der Waals surface area contributed by atoms with Crippen molar-refractivity contribution in [2.24, 2.45) is 0 Å². The summed E-state index contributed by atoms with van der Waals surface area (Å²) in [6.45, 7) is 12.2. The van der Waals surface area contributed by atoms with E-state index in [1.165, 1.54) is 4.40 Å². The highest BCUT2D eigenvalue weighted by Crippen LogP contribution is 2.36. The van der Waals surface area contributed by atoms with Crippen molar-refractivity contribution >= 4 is 53.4 Å². The molecule has 2 aromatic heterocycles. The topological polar surface area (TPSA) is 72.7 Å². The van der Waals surface area contributed by atoms with Gasteiger partial charge in [0.15, 0.2) is 14.0 Å². The summed E-state index contributed by atoms with van der Waals surface area (Å²) in [7, 11) is -1.75. The molecule has 0 bridgehead atoms. The first kappa shape index (κ1) is 23.9. The lowest BCUT2D eigenvalue weighted by molar-refractivity contribution is 0.0957. The maximum Gasteiger partial charge on any atom is 0.265 e. The first-order valence-electron chi connectivity index (χ1n) is 10.4. The maximum absolute atomic E-state index is 12.9. The van der Waals surface area contributed by atoms with Crippen LogP contribution in [0.4, 0.5) is 0 Å². The predicted molar refractivity (Wildman–Crippen MR) is 136 cm³/mol. The van der Waals surface area contributed by atoms with Crippen LogP contribution in [0, 0.1) is 9.99 Å². The van der Waals surface area contributed by atoms with Crippen LogP contribution in [0.2, 0.25) is 18.1 Å². The van der Waals surface area contributed by atoms with Gasteiger partial charge in [-0.15, -0.1) is 0 Å². The summed E-state index contributed by atoms with van der Waals surface area (Å²) >= 11 is 2.17. The van der Waals surface area contributed by atoms with E-state index >= 15 is 0 Å². The molecule has 6 nitrogen and oxygen atoms in total. The molecule has 31 heavy (non-hydrogen) atoms. The summed E-state index contributed by atoms with van der Waals surface area (Å²) in [5, 5.41) is 3.62. The zero-order valence-electron chi connectivity index (χ0n) is 18.7. The third-order valence-electron chi connectivity index (χ3n) is 5.84. The Morgan fingerprint density at radius 2 is 2.03 bits per heavy atom. The van der Waals surface area contributed by atoms with E-state index in [9.17, 15) is 9.59 Å². The molecular formula is C23H29IN3O3Si. The lowest BCUT2D eigenvalue weighted by Gasteiger charge is -2.36. The monoisotopic (exact) mass is 550 g/mol. The van der Waals surface area contributed by atoms with Crippen molar-refractivity contribution in [2.45, 2.75) is 45.3 Å². The first-order chi connectivity index (χ1) is 14.5. The van der Waals surface area contributed by atoms with Crippen molar-refractivity contribution in [3.05, 3.63) is 62.4 Å². The predicted octanol–water partition coefficient (Wildman–Crippen LogP) is 4.80. The Morgan fingerprint density at radius 3 is 2.74 bits per heavy atom. The van der Waals surface area contributed by atoms with E-state index in [2.05, 4.69) is 66.8 Å². The van der Waals surface area contributed by atoms with Gasteiger partial charge < -0.3 is 9.74 Å². The van der Waals surface area contributed by atoms with E-state index in [1.807, 2.05) is 24.6 Å². The molecule has 3 aromatic rings. The lowest BCUT2D eigenvalue weighted by atomic mass is 10.2. The highest BCUT2D eigenvalue weighted by molar-refractivity contribution is 14.1. The quantitative estimate of drug-likeness (QED) is 0.199. The van der Waals surface area contributed by atoms with Gasteiger partial charge in [-0.1, -0.05) is 20.8 Å². The minimum Gasteiger partial charge on any atom is -0.417 e. The molecule has 0 aliphatic rings. The van der Waals surface area contributed by atoms with E-state index in [-0.39, 0.29) is 16.5 Å². The number of fused-ring (bicyclic) bond motifs is 2. The summed E-state index contributed by atoms with van der Waals surface area (Å²) in [5.41, 5.74) is 1.15. The number of halogens is 1. The van der Waals surface area contributed by atoms with Crippen molar-refractivity contribution in [3.8, 4) is 0 Å². The van der Waals surface area contributed by atoms with Crippen LogP contribution in [0.25, 0.3) is 16.6 Å². The maximum atomic E-state index is 12.9. The number of aromatic nitrogens is 2. The first-order valence-corrected chi connectivity index (χ1v) is 14.3. The molecular weight excluding hydrogens is 521 g/mol. The zero-order valence-corrected chi connectivity index (χ0v) is 21.8. The molecule has 0 fully saturated rings. The molecule has 3 rings (SSSR count). The second-order valence-corrected chi connectivity index (χ2v) is 15.1. The van der Waals surface area contributed by atoms with E-state index in [0.717, 1.165) is 9.99 Å². The van der Waals surface area contributed by atoms with Gasteiger partial charge in [0.2, 0.25) is 0 Å². The fraction of sp³-hybridized carbons (Fsp3) is 0.391. The molecule has 0 unspecified atom stereocenters. The number of hydrogen-bond acceptors (Lipinski definition) is 4. The molecule has 0 aliphatic heterocycles. The molecule has 2 heterocycles. The van der Waals surface area contributed by atoms with Crippen LogP contribution in [-0.2, 0) is 4.43 Å². The van der Waals surface area contributed by atoms with Crippen molar-refractivity contribution in [3.63, 3.8) is 0 Å². The second kappa shape index (κ2) is 9.38. The van der Waals surface area contributed by atoms with E-state index in [4.69, 9.17) is 4.43 Å². The van der Waals surface area contributed by atoms with Crippen molar-refractivity contribution in [1.29, 1.82) is 0 Å². The Balaban J connectivity index is 1.66. The minimum atomic E-state index is -1.75. The normalized spacial score (nSPS) is 12.5. The average molecular weight is 550 g/mol. The second-order valence-electron chi connectivity index (χ2n) is 9.09. The number of benzene rings is 1. The Kier molecular flexibility index (Phi) is 7.22. The third-order valence-corrected chi connectivity index (χ3v) is 11.1. The number of nitrogens with one attached hydrogen (secondary N) is 1. The third kappa shape index (κ3) is 5.35. The number of amides is 1. The van der Waals surface area contributed by atoms with E-state index < -0.39 is 8.32 Å². The van der Waals surface area contributed by atoms with Gasteiger partial charge >= 0.3 is 0 Å². The molecule has 1 N–H and O–H groups in total. The number of hydrogen-bond donors (Lipinski definition) is 1. The van der Waals surface area contributed by atoms with Crippen molar-refractivity contribution in [2.75, 3.05) is 13.2 Å². The van der Waals surface area contributed by atoms with Gasteiger partial charge in [0, 0.05) is 22.9 Å². The molecule has 1 radical (unpaired) electrons. The number of nitrogens with zero attached hydrogens (tertiary/aromatic N) is 2. The van der Waals surface area contributed by atoms with Crippen LogP contribution < -0.4 is 10.9 Å². The fourth-order valence-corrected chi connectivity index (χ4v) is 4.50.